The maximum Gasteiger partial charge on any atom is 0.307 e. The van der Waals surface area contributed by atoms with E-state index in [2.05, 4.69) is 5.32 Å². The molecule has 8 heteroatoms. The minimum absolute atomic E-state index is 0.0299. The molecule has 1 amide bonds. The summed E-state index contributed by atoms with van der Waals surface area (Å²) in [7, 11) is 0. The second-order valence-corrected chi connectivity index (χ2v) is 6.96. The van der Waals surface area contributed by atoms with Crippen LogP contribution in [0.1, 0.15) is 30.1 Å². The van der Waals surface area contributed by atoms with Crippen LogP contribution in [0, 0.1) is 0 Å². The Morgan fingerprint density at radius 3 is 2.22 bits per heavy atom. The van der Waals surface area contributed by atoms with Gasteiger partial charge in [0, 0.05) is 22.0 Å². The molecule has 0 fully saturated rings. The Hall–Kier alpha value is -2.08. The minimum Gasteiger partial charge on any atom is -0.453 e. The summed E-state index contributed by atoms with van der Waals surface area (Å²) in [6.07, 6.45) is -1.21. The van der Waals surface area contributed by atoms with Gasteiger partial charge in [-0.05, 0) is 49.4 Å². The summed E-state index contributed by atoms with van der Waals surface area (Å²) in [5.41, 5.74) is 0.808. The van der Waals surface area contributed by atoms with Crippen LogP contribution in [0.15, 0.2) is 42.5 Å². The van der Waals surface area contributed by atoms with Crippen LogP contribution in [-0.2, 0) is 14.3 Å². The molecule has 0 saturated carbocycles. The topological polar surface area (TPSA) is 72.5 Å². The fourth-order valence-corrected chi connectivity index (χ4v) is 2.71. The van der Waals surface area contributed by atoms with Crippen molar-refractivity contribution in [2.24, 2.45) is 0 Å². The van der Waals surface area contributed by atoms with Gasteiger partial charge in [-0.1, -0.05) is 34.8 Å². The fraction of sp³-hybridized carbons (Fsp3) is 0.211. The lowest BCUT2D eigenvalue weighted by molar-refractivity contribution is -0.153. The molecule has 0 heterocycles. The molecule has 27 heavy (non-hydrogen) atoms. The van der Waals surface area contributed by atoms with Gasteiger partial charge in [-0.15, -0.1) is 0 Å². The second-order valence-electron chi connectivity index (χ2n) is 5.68. The van der Waals surface area contributed by atoms with Crippen molar-refractivity contribution >= 4 is 58.1 Å². The van der Waals surface area contributed by atoms with E-state index in [9.17, 15) is 14.4 Å². The van der Waals surface area contributed by atoms with E-state index in [4.69, 9.17) is 39.5 Å². The number of amides is 1. The molecule has 0 radical (unpaired) electrons. The third-order valence-corrected chi connectivity index (χ3v) is 4.39. The molecule has 142 valence electrons. The van der Waals surface area contributed by atoms with Crippen molar-refractivity contribution in [3.8, 4) is 0 Å². The number of anilines is 1. The largest absolute Gasteiger partial charge is 0.453 e. The number of carbonyl (C=O) groups is 3. The number of ether oxygens (including phenoxy) is 1. The van der Waals surface area contributed by atoms with Crippen molar-refractivity contribution in [3.63, 3.8) is 0 Å². The van der Waals surface area contributed by atoms with E-state index >= 15 is 0 Å². The summed E-state index contributed by atoms with van der Waals surface area (Å²) in [5, 5.41) is 3.77. The fourth-order valence-electron chi connectivity index (χ4n) is 2.13. The molecule has 0 spiro atoms. The molecule has 0 aromatic heterocycles. The Morgan fingerprint density at radius 2 is 1.59 bits per heavy atom. The van der Waals surface area contributed by atoms with E-state index in [1.54, 1.807) is 36.4 Å². The molecule has 5 nitrogen and oxygen atoms in total. The van der Waals surface area contributed by atoms with Gasteiger partial charge in [0.05, 0.1) is 17.1 Å². The van der Waals surface area contributed by atoms with Crippen LogP contribution >= 0.6 is 34.8 Å². The molecule has 2 rings (SSSR count). The highest BCUT2D eigenvalue weighted by molar-refractivity contribution is 6.36. The normalized spacial score (nSPS) is 11.6. The number of hydrogen-bond acceptors (Lipinski definition) is 4. The summed E-state index contributed by atoms with van der Waals surface area (Å²) in [6, 6.07) is 11.0. The third-order valence-electron chi connectivity index (χ3n) is 3.59. The molecular weight excluding hydrogens is 413 g/mol. The summed E-state index contributed by atoms with van der Waals surface area (Å²) in [6.45, 7) is 1.43. The first-order valence-corrected chi connectivity index (χ1v) is 9.14. The minimum atomic E-state index is -1.05. The van der Waals surface area contributed by atoms with Gasteiger partial charge in [0.25, 0.3) is 5.91 Å². The SMILES string of the molecule is CC(OC(=O)CCC(=O)c1ccc(Cl)cc1)C(=O)Nc1ccc(Cl)cc1Cl. The molecule has 1 N–H and O–H groups in total. The predicted molar refractivity (Wildman–Crippen MR) is 106 cm³/mol. The zero-order chi connectivity index (χ0) is 20.0. The number of Topliss-reactive ketones (excluding diaryl/α,β-unsaturated/α-hetero) is 1. The predicted octanol–water partition coefficient (Wildman–Crippen LogP) is 5.18. The molecule has 0 bridgehead atoms. The maximum atomic E-state index is 12.1. The molecule has 0 aliphatic carbocycles. The van der Waals surface area contributed by atoms with Crippen molar-refractivity contribution in [1.29, 1.82) is 0 Å². The van der Waals surface area contributed by atoms with Gasteiger partial charge in [-0.2, -0.15) is 0 Å². The lowest BCUT2D eigenvalue weighted by atomic mass is 10.1. The highest BCUT2D eigenvalue weighted by Gasteiger charge is 2.19. The first kappa shape index (κ1) is 21.2. The molecule has 2 aromatic carbocycles. The van der Waals surface area contributed by atoms with E-state index < -0.39 is 18.0 Å². The van der Waals surface area contributed by atoms with E-state index in [-0.39, 0.29) is 23.6 Å². The second kappa shape index (κ2) is 9.74. The number of ketones is 1. The molecular formula is C19H16Cl3NO4. The molecule has 1 unspecified atom stereocenters. The van der Waals surface area contributed by atoms with Crippen LogP contribution < -0.4 is 5.32 Å². The zero-order valence-corrected chi connectivity index (χ0v) is 16.6. The Balaban J connectivity index is 1.82. The van der Waals surface area contributed by atoms with Gasteiger partial charge >= 0.3 is 5.97 Å². The molecule has 0 aliphatic rings. The van der Waals surface area contributed by atoms with Crippen LogP contribution in [0.4, 0.5) is 5.69 Å². The van der Waals surface area contributed by atoms with Crippen LogP contribution in [0.3, 0.4) is 0 Å². The first-order chi connectivity index (χ1) is 12.8. The van der Waals surface area contributed by atoms with E-state index in [1.807, 2.05) is 0 Å². The van der Waals surface area contributed by atoms with E-state index in [0.717, 1.165) is 0 Å². The van der Waals surface area contributed by atoms with Gasteiger partial charge in [0.2, 0.25) is 0 Å². The van der Waals surface area contributed by atoms with Gasteiger partial charge in [0.15, 0.2) is 11.9 Å². The molecule has 0 aliphatic heterocycles. The number of esters is 1. The van der Waals surface area contributed by atoms with Crippen molar-refractivity contribution in [3.05, 3.63) is 63.1 Å². The number of nitrogens with one attached hydrogen (secondary N) is 1. The Labute approximate surface area is 171 Å². The van der Waals surface area contributed by atoms with Crippen LogP contribution in [-0.4, -0.2) is 23.8 Å². The average molecular weight is 429 g/mol. The number of halogens is 3. The summed E-state index contributed by atoms with van der Waals surface area (Å²) in [4.78, 5) is 36.0. The monoisotopic (exact) mass is 427 g/mol. The van der Waals surface area contributed by atoms with Crippen LogP contribution in [0.25, 0.3) is 0 Å². The zero-order valence-electron chi connectivity index (χ0n) is 14.3. The van der Waals surface area contributed by atoms with Gasteiger partial charge < -0.3 is 10.1 Å². The van der Waals surface area contributed by atoms with Gasteiger partial charge in [-0.3, -0.25) is 14.4 Å². The lowest BCUT2D eigenvalue weighted by Gasteiger charge is -2.14. The third kappa shape index (κ3) is 6.54. The molecule has 0 saturated heterocycles. The summed E-state index contributed by atoms with van der Waals surface area (Å²) >= 11 is 17.5. The van der Waals surface area contributed by atoms with Crippen molar-refractivity contribution in [2.45, 2.75) is 25.9 Å². The molecule has 2 aromatic rings. The van der Waals surface area contributed by atoms with Crippen molar-refractivity contribution < 1.29 is 19.1 Å². The Kier molecular flexibility index (Phi) is 7.66. The van der Waals surface area contributed by atoms with Crippen molar-refractivity contribution in [2.75, 3.05) is 5.32 Å². The number of rotatable bonds is 7. The van der Waals surface area contributed by atoms with Crippen molar-refractivity contribution in [1.82, 2.24) is 0 Å². The Bertz CT molecular complexity index is 853. The average Bonchev–Trinajstić information content (AvgIpc) is 2.62. The van der Waals surface area contributed by atoms with Gasteiger partial charge in [-0.25, -0.2) is 0 Å². The van der Waals surface area contributed by atoms with E-state index in [1.165, 1.54) is 13.0 Å². The summed E-state index contributed by atoms with van der Waals surface area (Å²) < 4.78 is 5.06. The van der Waals surface area contributed by atoms with Gasteiger partial charge in [0.1, 0.15) is 0 Å². The number of benzene rings is 2. The summed E-state index contributed by atoms with van der Waals surface area (Å²) in [5.74, 6) is -1.41. The van der Waals surface area contributed by atoms with Crippen LogP contribution in [0.2, 0.25) is 15.1 Å². The molecule has 1 atom stereocenters. The highest BCUT2D eigenvalue weighted by atomic mass is 35.5. The van der Waals surface area contributed by atoms with Crippen LogP contribution in [0.5, 0.6) is 0 Å². The first-order valence-electron chi connectivity index (χ1n) is 8.00. The lowest BCUT2D eigenvalue weighted by Crippen LogP contribution is -2.30. The van der Waals surface area contributed by atoms with E-state index in [0.29, 0.717) is 21.3 Å². The highest BCUT2D eigenvalue weighted by Crippen LogP contribution is 2.25. The maximum absolute atomic E-state index is 12.1. The smallest absolute Gasteiger partial charge is 0.307 e. The number of carbonyl (C=O) groups excluding carboxylic acids is 3. The standard InChI is InChI=1S/C19H16Cl3NO4/c1-11(19(26)23-16-7-6-14(21)10-15(16)22)27-18(25)9-8-17(24)12-2-4-13(20)5-3-12/h2-7,10-11H,8-9H2,1H3,(H,23,26). The quantitative estimate of drug-likeness (QED) is 0.487. The Morgan fingerprint density at radius 1 is 0.963 bits per heavy atom. The number of hydrogen-bond donors (Lipinski definition) is 1.